The van der Waals surface area contributed by atoms with Crippen LogP contribution in [0.1, 0.15) is 24.8 Å². The van der Waals surface area contributed by atoms with Gasteiger partial charge in [-0.1, -0.05) is 6.07 Å². The zero-order chi connectivity index (χ0) is 20.5. The molecule has 2 atom stereocenters. The summed E-state index contributed by atoms with van der Waals surface area (Å²) in [6.45, 7) is 1.40. The number of amides is 1. The molecule has 0 spiro atoms. The van der Waals surface area contributed by atoms with E-state index in [-0.39, 0.29) is 24.5 Å². The Morgan fingerprint density at radius 2 is 2.11 bits per heavy atom. The highest BCUT2D eigenvalue weighted by atomic mass is 19.3. The van der Waals surface area contributed by atoms with Crippen molar-refractivity contribution in [2.75, 3.05) is 18.4 Å². The highest BCUT2D eigenvalue weighted by Crippen LogP contribution is 2.40. The maximum absolute atomic E-state index is 14.4. The number of hydrogen-bond donors (Lipinski definition) is 2. The number of H-pyrrole nitrogens is 1. The van der Waals surface area contributed by atoms with E-state index in [4.69, 9.17) is 0 Å². The minimum absolute atomic E-state index is 0.0212. The molecule has 1 saturated heterocycles. The monoisotopic (exact) mass is 398 g/mol. The smallest absolute Gasteiger partial charge is 0.257 e. The first-order chi connectivity index (χ1) is 13.2. The lowest BCUT2D eigenvalue weighted by atomic mass is 9.87. The largest absolute Gasteiger partial charge is 0.329 e. The molecule has 0 saturated carbocycles. The van der Waals surface area contributed by atoms with Gasteiger partial charge in [0.05, 0.1) is 18.2 Å². The molecule has 28 heavy (non-hydrogen) atoms. The molecule has 2 aromatic heterocycles. The molecule has 0 bridgehead atoms. The molecule has 3 heterocycles. The molecule has 2 unspecified atom stereocenters. The lowest BCUT2D eigenvalue weighted by Crippen LogP contribution is -2.52. The number of nitrogens with zero attached hydrogens (tertiary/aromatic N) is 2. The molecule has 1 aliphatic rings. The van der Waals surface area contributed by atoms with E-state index in [1.165, 1.54) is 25.3 Å². The Hall–Kier alpha value is -2.75. The van der Waals surface area contributed by atoms with Crippen molar-refractivity contribution >= 4 is 11.7 Å². The van der Waals surface area contributed by atoms with E-state index in [1.54, 1.807) is 4.90 Å². The van der Waals surface area contributed by atoms with Crippen molar-refractivity contribution in [2.45, 2.75) is 31.2 Å². The molecule has 2 aromatic rings. The first-order valence-electron chi connectivity index (χ1n) is 8.60. The first-order valence-corrected chi connectivity index (χ1v) is 8.60. The van der Waals surface area contributed by atoms with Crippen molar-refractivity contribution in [1.29, 1.82) is 0 Å². The Balaban J connectivity index is 1.73. The predicted octanol–water partition coefficient (Wildman–Crippen LogP) is 2.50. The van der Waals surface area contributed by atoms with Crippen molar-refractivity contribution in [1.82, 2.24) is 14.9 Å². The third-order valence-electron chi connectivity index (χ3n) is 4.86. The van der Waals surface area contributed by atoms with Crippen LogP contribution in [0.15, 0.2) is 35.4 Å². The molecule has 1 aliphatic heterocycles. The molecule has 1 fully saturated rings. The van der Waals surface area contributed by atoms with Gasteiger partial charge in [0.15, 0.2) is 11.6 Å². The molecule has 2 N–H and O–H groups in total. The Bertz CT molecular complexity index is 914. The summed E-state index contributed by atoms with van der Waals surface area (Å²) in [7, 11) is 0. The standard InChI is InChI=1S/C18H18F4N4O2/c1-10(17(28)25-15-6-13(19)14(20)8-23-15)26-5-4-18(21,22)12(9-26)11-2-3-16(27)24-7-11/h2-3,6-8,10,12H,4-5,9H2,1H3,(H,24,27)(H,23,25,28). The van der Waals surface area contributed by atoms with Crippen molar-refractivity contribution < 1.29 is 22.4 Å². The topological polar surface area (TPSA) is 78.1 Å². The average molecular weight is 398 g/mol. The summed E-state index contributed by atoms with van der Waals surface area (Å²) in [5.74, 6) is -7.25. The van der Waals surface area contributed by atoms with Crippen LogP contribution < -0.4 is 10.9 Å². The number of hydrogen-bond acceptors (Lipinski definition) is 4. The lowest BCUT2D eigenvalue weighted by molar-refractivity contribution is -0.125. The third-order valence-corrected chi connectivity index (χ3v) is 4.86. The Morgan fingerprint density at radius 1 is 1.36 bits per heavy atom. The van der Waals surface area contributed by atoms with Crippen LogP contribution in [0.2, 0.25) is 0 Å². The van der Waals surface area contributed by atoms with Crippen LogP contribution in [0.25, 0.3) is 0 Å². The number of alkyl halides is 2. The maximum atomic E-state index is 14.4. The number of nitrogens with one attached hydrogen (secondary N) is 2. The molecule has 0 radical (unpaired) electrons. The van der Waals surface area contributed by atoms with Gasteiger partial charge in [-0.3, -0.25) is 14.5 Å². The van der Waals surface area contributed by atoms with Gasteiger partial charge in [0.1, 0.15) is 5.82 Å². The van der Waals surface area contributed by atoms with E-state index in [0.717, 1.165) is 6.07 Å². The van der Waals surface area contributed by atoms with Crippen molar-refractivity contribution in [2.24, 2.45) is 0 Å². The van der Waals surface area contributed by atoms with Crippen molar-refractivity contribution in [3.8, 4) is 0 Å². The summed E-state index contributed by atoms with van der Waals surface area (Å²) in [6.07, 6.45) is 1.43. The van der Waals surface area contributed by atoms with Gasteiger partial charge in [0.25, 0.3) is 5.92 Å². The zero-order valence-electron chi connectivity index (χ0n) is 14.9. The number of pyridine rings is 2. The Morgan fingerprint density at radius 3 is 2.75 bits per heavy atom. The second kappa shape index (κ2) is 7.70. The lowest BCUT2D eigenvalue weighted by Gasteiger charge is -2.40. The van der Waals surface area contributed by atoms with E-state index < -0.39 is 47.4 Å². The van der Waals surface area contributed by atoms with E-state index in [1.807, 2.05) is 0 Å². The van der Waals surface area contributed by atoms with Crippen LogP contribution in [-0.4, -0.2) is 45.8 Å². The van der Waals surface area contributed by atoms with Gasteiger partial charge in [-0.05, 0) is 12.5 Å². The zero-order valence-corrected chi connectivity index (χ0v) is 14.9. The van der Waals surface area contributed by atoms with Gasteiger partial charge in [-0.15, -0.1) is 0 Å². The highest BCUT2D eigenvalue weighted by Gasteiger charge is 2.46. The van der Waals surface area contributed by atoms with Crippen LogP contribution >= 0.6 is 0 Å². The van der Waals surface area contributed by atoms with Crippen LogP contribution in [0.3, 0.4) is 0 Å². The predicted molar refractivity (Wildman–Crippen MR) is 93.2 cm³/mol. The number of aromatic amines is 1. The summed E-state index contributed by atoms with van der Waals surface area (Å²) in [5, 5.41) is 2.36. The molecular formula is C18H18F4N4O2. The third kappa shape index (κ3) is 4.22. The SMILES string of the molecule is CC(C(=O)Nc1cc(F)c(F)cn1)N1CCC(F)(F)C(c2ccc(=O)[nH]c2)C1. The summed E-state index contributed by atoms with van der Waals surface area (Å²) in [6, 6.07) is 2.45. The van der Waals surface area contributed by atoms with E-state index >= 15 is 0 Å². The molecular weight excluding hydrogens is 380 g/mol. The molecule has 6 nitrogen and oxygen atoms in total. The van der Waals surface area contributed by atoms with Crippen LogP contribution in [0.4, 0.5) is 23.4 Å². The summed E-state index contributed by atoms with van der Waals surface area (Å²) >= 11 is 0. The van der Waals surface area contributed by atoms with Crippen molar-refractivity contribution in [3.63, 3.8) is 0 Å². The fourth-order valence-electron chi connectivity index (χ4n) is 3.15. The van der Waals surface area contributed by atoms with Gasteiger partial charge in [0, 0.05) is 37.8 Å². The van der Waals surface area contributed by atoms with E-state index in [2.05, 4.69) is 15.3 Å². The normalized spacial score (nSPS) is 20.5. The second-order valence-electron chi connectivity index (χ2n) is 6.69. The maximum Gasteiger partial charge on any atom is 0.257 e. The first kappa shape index (κ1) is 20.0. The Kier molecular flexibility index (Phi) is 5.50. The average Bonchev–Trinajstić information content (AvgIpc) is 2.65. The molecule has 3 rings (SSSR count). The quantitative estimate of drug-likeness (QED) is 0.776. The number of likely N-dealkylation sites (tertiary alicyclic amines) is 1. The summed E-state index contributed by atoms with van der Waals surface area (Å²) < 4.78 is 55.0. The van der Waals surface area contributed by atoms with Gasteiger partial charge < -0.3 is 10.3 Å². The fraction of sp³-hybridized carbons (Fsp3) is 0.389. The second-order valence-corrected chi connectivity index (χ2v) is 6.69. The van der Waals surface area contributed by atoms with Gasteiger partial charge in [-0.2, -0.15) is 0 Å². The van der Waals surface area contributed by atoms with Gasteiger partial charge in [0.2, 0.25) is 11.5 Å². The number of anilines is 1. The van der Waals surface area contributed by atoms with Crippen molar-refractivity contribution in [3.05, 3.63) is 58.1 Å². The molecule has 0 aromatic carbocycles. The summed E-state index contributed by atoms with van der Waals surface area (Å²) in [4.78, 5) is 31.1. The molecule has 1 amide bonds. The minimum Gasteiger partial charge on any atom is -0.329 e. The van der Waals surface area contributed by atoms with Crippen LogP contribution in [0, 0.1) is 11.6 Å². The number of carbonyl (C=O) groups excluding carboxylic acids is 1. The van der Waals surface area contributed by atoms with Crippen LogP contribution in [-0.2, 0) is 4.79 Å². The highest BCUT2D eigenvalue weighted by molar-refractivity contribution is 5.93. The fourth-order valence-corrected chi connectivity index (χ4v) is 3.15. The molecule has 10 heteroatoms. The number of halogens is 4. The molecule has 150 valence electrons. The Labute approximate surface area is 157 Å². The van der Waals surface area contributed by atoms with E-state index in [9.17, 15) is 27.2 Å². The number of carbonyl (C=O) groups is 1. The molecule has 0 aliphatic carbocycles. The number of rotatable bonds is 4. The van der Waals surface area contributed by atoms with E-state index in [0.29, 0.717) is 6.20 Å². The van der Waals surface area contributed by atoms with Gasteiger partial charge >= 0.3 is 0 Å². The van der Waals surface area contributed by atoms with Gasteiger partial charge in [-0.25, -0.2) is 22.5 Å². The number of piperidine rings is 1. The van der Waals surface area contributed by atoms with Crippen LogP contribution in [0.5, 0.6) is 0 Å². The summed E-state index contributed by atoms with van der Waals surface area (Å²) in [5.41, 5.74) is -0.129. The number of aromatic nitrogens is 2. The minimum atomic E-state index is -2.99.